The number of aryl methyl sites for hydroxylation is 1. The summed E-state index contributed by atoms with van der Waals surface area (Å²) in [7, 11) is -3.60. The standard InChI is InChI=1S/C14H18O3S/c1-11(2)14(4,9-10-15)18(16,17)13-7-5-12(3)6-8-13/h5-9,11H,1-4H3. The molecule has 1 aromatic carbocycles. The van der Waals surface area contributed by atoms with Crippen LogP contribution in [0.2, 0.25) is 0 Å². The van der Waals surface area contributed by atoms with E-state index in [-0.39, 0.29) is 10.8 Å². The minimum atomic E-state index is -3.60. The lowest BCUT2D eigenvalue weighted by Crippen LogP contribution is -2.38. The van der Waals surface area contributed by atoms with Gasteiger partial charge in [0.1, 0.15) is 10.7 Å². The van der Waals surface area contributed by atoms with Gasteiger partial charge in [-0.25, -0.2) is 13.2 Å². The first kappa shape index (κ1) is 14.7. The van der Waals surface area contributed by atoms with Crippen molar-refractivity contribution in [3.63, 3.8) is 0 Å². The molecule has 0 radical (unpaired) electrons. The van der Waals surface area contributed by atoms with Crippen molar-refractivity contribution in [3.8, 4) is 0 Å². The van der Waals surface area contributed by atoms with Gasteiger partial charge in [0, 0.05) is 6.08 Å². The summed E-state index contributed by atoms with van der Waals surface area (Å²) in [4.78, 5) is 10.8. The SMILES string of the molecule is Cc1ccc(S(=O)(=O)C(C)(C=C=O)C(C)C)cc1. The minimum absolute atomic E-state index is 0.217. The molecule has 18 heavy (non-hydrogen) atoms. The third kappa shape index (κ3) is 2.40. The molecular formula is C14H18O3S. The summed E-state index contributed by atoms with van der Waals surface area (Å²) in [6.45, 7) is 7.00. The second kappa shape index (κ2) is 5.09. The van der Waals surface area contributed by atoms with E-state index in [1.54, 1.807) is 51.0 Å². The van der Waals surface area contributed by atoms with Crippen LogP contribution >= 0.6 is 0 Å². The highest BCUT2D eigenvalue weighted by Gasteiger charge is 2.41. The van der Waals surface area contributed by atoms with Crippen molar-refractivity contribution in [3.05, 3.63) is 35.9 Å². The fourth-order valence-electron chi connectivity index (χ4n) is 1.64. The predicted octanol–water partition coefficient (Wildman–Crippen LogP) is 2.57. The molecule has 1 unspecified atom stereocenters. The molecule has 0 aliphatic rings. The molecule has 1 rings (SSSR count). The largest absolute Gasteiger partial charge is 0.234 e. The van der Waals surface area contributed by atoms with Crippen LogP contribution in [0.4, 0.5) is 0 Å². The summed E-state index contributed by atoms with van der Waals surface area (Å²) in [5.41, 5.74) is 0.992. The third-order valence-corrected chi connectivity index (χ3v) is 6.04. The van der Waals surface area contributed by atoms with Crippen LogP contribution < -0.4 is 0 Å². The summed E-state index contributed by atoms with van der Waals surface area (Å²) < 4.78 is 23.9. The molecule has 0 fully saturated rings. The summed E-state index contributed by atoms with van der Waals surface area (Å²) in [6.07, 6.45) is 1.10. The molecule has 98 valence electrons. The lowest BCUT2D eigenvalue weighted by Gasteiger charge is -2.28. The van der Waals surface area contributed by atoms with Crippen molar-refractivity contribution < 1.29 is 13.2 Å². The summed E-state index contributed by atoms with van der Waals surface area (Å²) in [6, 6.07) is 6.64. The van der Waals surface area contributed by atoms with E-state index in [2.05, 4.69) is 0 Å². The highest BCUT2D eigenvalue weighted by molar-refractivity contribution is 7.93. The Morgan fingerprint density at radius 2 is 1.72 bits per heavy atom. The van der Waals surface area contributed by atoms with E-state index in [0.717, 1.165) is 11.6 Å². The molecule has 0 aliphatic carbocycles. The average Bonchev–Trinajstić information content (AvgIpc) is 2.29. The second-order valence-electron chi connectivity index (χ2n) is 4.92. The number of benzene rings is 1. The van der Waals surface area contributed by atoms with Crippen LogP contribution in [0.3, 0.4) is 0 Å². The third-order valence-electron chi connectivity index (χ3n) is 3.40. The van der Waals surface area contributed by atoms with Crippen LogP contribution in [0.1, 0.15) is 26.3 Å². The first-order chi connectivity index (χ1) is 8.25. The Kier molecular flexibility index (Phi) is 4.15. The van der Waals surface area contributed by atoms with E-state index in [1.807, 2.05) is 6.92 Å². The van der Waals surface area contributed by atoms with E-state index in [9.17, 15) is 13.2 Å². The fraction of sp³-hybridized carbons (Fsp3) is 0.429. The van der Waals surface area contributed by atoms with E-state index < -0.39 is 14.6 Å². The zero-order chi connectivity index (χ0) is 14.0. The Morgan fingerprint density at radius 1 is 1.22 bits per heavy atom. The first-order valence-electron chi connectivity index (χ1n) is 5.79. The number of hydrogen-bond donors (Lipinski definition) is 0. The maximum atomic E-state index is 12.6. The highest BCUT2D eigenvalue weighted by Crippen LogP contribution is 2.33. The van der Waals surface area contributed by atoms with Crippen molar-refractivity contribution in [1.82, 2.24) is 0 Å². The van der Waals surface area contributed by atoms with Gasteiger partial charge in [0.2, 0.25) is 0 Å². The van der Waals surface area contributed by atoms with E-state index in [1.165, 1.54) is 0 Å². The molecule has 1 aromatic rings. The Hall–Kier alpha value is -1.38. The van der Waals surface area contributed by atoms with Gasteiger partial charge in [-0.2, -0.15) is 0 Å². The Balaban J connectivity index is 3.44. The number of sulfone groups is 1. The van der Waals surface area contributed by atoms with Gasteiger partial charge in [0.15, 0.2) is 9.84 Å². The zero-order valence-electron chi connectivity index (χ0n) is 11.1. The van der Waals surface area contributed by atoms with Crippen LogP contribution in [-0.4, -0.2) is 19.1 Å². The minimum Gasteiger partial charge on any atom is -0.234 e. The molecule has 0 amide bonds. The van der Waals surface area contributed by atoms with Crippen LogP contribution in [0, 0.1) is 12.8 Å². The van der Waals surface area contributed by atoms with Gasteiger partial charge in [-0.3, -0.25) is 0 Å². The average molecular weight is 266 g/mol. The van der Waals surface area contributed by atoms with Crippen LogP contribution in [0.15, 0.2) is 35.2 Å². The number of hydrogen-bond acceptors (Lipinski definition) is 3. The zero-order valence-corrected chi connectivity index (χ0v) is 11.9. The topological polar surface area (TPSA) is 51.2 Å². The Morgan fingerprint density at radius 3 is 2.11 bits per heavy atom. The maximum absolute atomic E-state index is 12.6. The van der Waals surface area contributed by atoms with Gasteiger partial charge in [-0.15, -0.1) is 0 Å². The van der Waals surface area contributed by atoms with E-state index >= 15 is 0 Å². The molecule has 0 aromatic heterocycles. The monoisotopic (exact) mass is 266 g/mol. The summed E-state index contributed by atoms with van der Waals surface area (Å²) >= 11 is 0. The lowest BCUT2D eigenvalue weighted by molar-refractivity contribution is 0.485. The molecular weight excluding hydrogens is 248 g/mol. The van der Waals surface area contributed by atoms with E-state index in [0.29, 0.717) is 0 Å². The smallest absolute Gasteiger partial charge is 0.188 e. The van der Waals surface area contributed by atoms with Crippen LogP contribution in [-0.2, 0) is 14.6 Å². The molecule has 0 aliphatic heterocycles. The van der Waals surface area contributed by atoms with Crippen molar-refractivity contribution >= 4 is 15.8 Å². The van der Waals surface area contributed by atoms with Gasteiger partial charge in [-0.1, -0.05) is 31.5 Å². The summed E-state index contributed by atoms with van der Waals surface area (Å²) in [5.74, 6) is 1.41. The maximum Gasteiger partial charge on any atom is 0.188 e. The summed E-state index contributed by atoms with van der Waals surface area (Å²) in [5, 5.41) is 0. The fourth-order valence-corrected chi connectivity index (χ4v) is 3.47. The van der Waals surface area contributed by atoms with Crippen molar-refractivity contribution in [2.24, 2.45) is 5.92 Å². The lowest BCUT2D eigenvalue weighted by atomic mass is 9.97. The Bertz CT molecular complexity index is 564. The molecule has 0 heterocycles. The van der Waals surface area contributed by atoms with Crippen molar-refractivity contribution in [2.75, 3.05) is 0 Å². The van der Waals surface area contributed by atoms with Crippen molar-refractivity contribution in [2.45, 2.75) is 37.3 Å². The Labute approximate surface area is 108 Å². The molecule has 0 saturated heterocycles. The molecule has 1 atom stereocenters. The molecule has 3 nitrogen and oxygen atoms in total. The normalized spacial score (nSPS) is 14.9. The first-order valence-corrected chi connectivity index (χ1v) is 7.27. The van der Waals surface area contributed by atoms with Crippen molar-refractivity contribution in [1.29, 1.82) is 0 Å². The molecule has 0 saturated carbocycles. The van der Waals surface area contributed by atoms with Crippen LogP contribution in [0.5, 0.6) is 0 Å². The molecule has 4 heteroatoms. The number of carbonyl (C=O) groups excluding carboxylic acids is 1. The van der Waals surface area contributed by atoms with Gasteiger partial charge in [0.25, 0.3) is 0 Å². The predicted molar refractivity (Wildman–Crippen MR) is 71.9 cm³/mol. The van der Waals surface area contributed by atoms with Gasteiger partial charge >= 0.3 is 0 Å². The van der Waals surface area contributed by atoms with Gasteiger partial charge < -0.3 is 0 Å². The highest BCUT2D eigenvalue weighted by atomic mass is 32.2. The van der Waals surface area contributed by atoms with Crippen LogP contribution in [0.25, 0.3) is 0 Å². The molecule has 0 bridgehead atoms. The quantitative estimate of drug-likeness (QED) is 0.787. The second-order valence-corrected chi connectivity index (χ2v) is 7.28. The molecule has 0 N–H and O–H groups in total. The van der Waals surface area contributed by atoms with Gasteiger partial charge in [-0.05, 0) is 31.9 Å². The number of rotatable bonds is 4. The van der Waals surface area contributed by atoms with E-state index in [4.69, 9.17) is 0 Å². The molecule has 0 spiro atoms. The van der Waals surface area contributed by atoms with Gasteiger partial charge in [0.05, 0.1) is 4.90 Å².